The van der Waals surface area contributed by atoms with Crippen LogP contribution in [0.25, 0.3) is 0 Å². The van der Waals surface area contributed by atoms with Crippen LogP contribution in [-0.2, 0) is 0 Å². The van der Waals surface area contributed by atoms with E-state index in [-0.39, 0.29) is 23.1 Å². The average Bonchev–Trinajstić information content (AvgIpc) is 2.72. The third-order valence-corrected chi connectivity index (χ3v) is 1.69. The number of hydrogen-bond donors (Lipinski definition) is 2. The number of aliphatic hydroxyl groups excluding tert-OH is 1. The maximum Gasteiger partial charge on any atom is 0.137 e. The van der Waals surface area contributed by atoms with Gasteiger partial charge in [0.05, 0.1) is 6.10 Å². The van der Waals surface area contributed by atoms with Crippen molar-refractivity contribution in [2.75, 3.05) is 0 Å². The highest BCUT2D eigenvalue weighted by Gasteiger charge is 1.96. The topological polar surface area (TPSA) is 61.8 Å². The lowest BCUT2D eigenvalue weighted by Crippen LogP contribution is -2.02. The van der Waals surface area contributed by atoms with Crippen molar-refractivity contribution in [3.05, 3.63) is 12.7 Å². The summed E-state index contributed by atoms with van der Waals surface area (Å²) in [6, 6.07) is 0. The highest BCUT2D eigenvalue weighted by Crippen LogP contribution is 2.02. The van der Waals surface area contributed by atoms with E-state index in [1.807, 2.05) is 6.92 Å². The van der Waals surface area contributed by atoms with E-state index in [1.54, 1.807) is 0 Å². The largest absolute Gasteiger partial charge is 0.393 e. The van der Waals surface area contributed by atoms with Crippen molar-refractivity contribution in [2.24, 2.45) is 0 Å². The van der Waals surface area contributed by atoms with Gasteiger partial charge in [-0.2, -0.15) is 5.10 Å². The molecule has 0 saturated carbocycles. The molecular formula is C9H20BrN3O. The summed E-state index contributed by atoms with van der Waals surface area (Å²) in [4.78, 5) is 3.56. The molecule has 1 atom stereocenters. The van der Waals surface area contributed by atoms with Crippen molar-refractivity contribution in [3.63, 3.8) is 0 Å². The Kier molecular flexibility index (Phi) is 14.4. The van der Waals surface area contributed by atoms with Gasteiger partial charge in [0.15, 0.2) is 0 Å². The summed E-state index contributed by atoms with van der Waals surface area (Å²) in [5.41, 5.74) is 0. The first-order valence-corrected chi connectivity index (χ1v) is 4.78. The zero-order valence-corrected chi connectivity index (χ0v) is 10.5. The van der Waals surface area contributed by atoms with Gasteiger partial charge in [0, 0.05) is 0 Å². The number of unbranched alkanes of at least 4 members (excludes halogenated alkanes) is 1. The third kappa shape index (κ3) is 11.6. The molecule has 0 saturated heterocycles. The quantitative estimate of drug-likeness (QED) is 0.879. The average molecular weight is 266 g/mol. The van der Waals surface area contributed by atoms with Crippen LogP contribution in [0.5, 0.6) is 0 Å². The number of rotatable bonds is 4. The molecule has 84 valence electrons. The molecule has 0 aliphatic carbocycles. The Balaban J connectivity index is 0. The standard InChI is InChI=1S/C7H16O.C2H3N3.BrH/c1-3-5-6-7(8)4-2;1-3-2-5-4-1;/h7-8H,3-6H2,1-2H3;1-2H,(H,3,4,5);1H. The van der Waals surface area contributed by atoms with E-state index < -0.39 is 0 Å². The molecule has 2 N–H and O–H groups in total. The Morgan fingerprint density at radius 1 is 1.43 bits per heavy atom. The van der Waals surface area contributed by atoms with Gasteiger partial charge in [-0.25, -0.2) is 4.98 Å². The van der Waals surface area contributed by atoms with Gasteiger partial charge in [-0.15, -0.1) is 17.0 Å². The predicted molar refractivity (Wildman–Crippen MR) is 62.5 cm³/mol. The molecule has 1 rings (SSSR count). The minimum atomic E-state index is -0.0463. The zero-order valence-electron chi connectivity index (χ0n) is 8.81. The molecule has 0 aliphatic heterocycles. The zero-order chi connectivity index (χ0) is 9.94. The fourth-order valence-corrected chi connectivity index (χ4v) is 0.811. The molecule has 0 amide bonds. The van der Waals surface area contributed by atoms with Crippen molar-refractivity contribution < 1.29 is 5.11 Å². The fraction of sp³-hybridized carbons (Fsp3) is 0.778. The molecule has 0 fully saturated rings. The second kappa shape index (κ2) is 12.6. The van der Waals surface area contributed by atoms with Gasteiger partial charge in [-0.1, -0.05) is 26.7 Å². The minimum absolute atomic E-state index is 0. The number of aliphatic hydroxyl groups is 1. The molecule has 1 aromatic rings. The van der Waals surface area contributed by atoms with Crippen LogP contribution in [0.15, 0.2) is 12.7 Å². The summed E-state index contributed by atoms with van der Waals surface area (Å²) in [5.74, 6) is 0. The molecule has 1 heterocycles. The molecule has 0 aliphatic rings. The van der Waals surface area contributed by atoms with Crippen LogP contribution in [0.1, 0.15) is 39.5 Å². The normalized spacial score (nSPS) is 10.8. The Hall–Kier alpha value is -0.420. The predicted octanol–water partition coefficient (Wildman–Crippen LogP) is 2.33. The lowest BCUT2D eigenvalue weighted by atomic mass is 10.1. The third-order valence-electron chi connectivity index (χ3n) is 1.69. The van der Waals surface area contributed by atoms with Crippen LogP contribution in [0.3, 0.4) is 0 Å². The van der Waals surface area contributed by atoms with Crippen LogP contribution in [0.4, 0.5) is 0 Å². The molecule has 0 aromatic carbocycles. The number of nitrogens with one attached hydrogen (secondary N) is 1. The van der Waals surface area contributed by atoms with Crippen molar-refractivity contribution in [3.8, 4) is 0 Å². The second-order valence-electron chi connectivity index (χ2n) is 2.86. The molecule has 0 bridgehead atoms. The number of aromatic amines is 1. The van der Waals surface area contributed by atoms with Crippen molar-refractivity contribution in [1.29, 1.82) is 0 Å². The summed E-state index contributed by atoms with van der Waals surface area (Å²) in [5, 5.41) is 15.0. The summed E-state index contributed by atoms with van der Waals surface area (Å²) in [6.07, 6.45) is 7.15. The van der Waals surface area contributed by atoms with E-state index in [0.29, 0.717) is 0 Å². The van der Waals surface area contributed by atoms with Crippen LogP contribution in [0, 0.1) is 0 Å². The molecule has 0 spiro atoms. The summed E-state index contributed by atoms with van der Waals surface area (Å²) in [6.45, 7) is 4.16. The van der Waals surface area contributed by atoms with E-state index in [4.69, 9.17) is 5.11 Å². The van der Waals surface area contributed by atoms with Crippen LogP contribution in [-0.4, -0.2) is 26.4 Å². The highest BCUT2D eigenvalue weighted by atomic mass is 79.9. The number of H-pyrrole nitrogens is 1. The van der Waals surface area contributed by atoms with E-state index in [0.717, 1.165) is 19.3 Å². The molecule has 5 heteroatoms. The first kappa shape index (κ1) is 16.0. The van der Waals surface area contributed by atoms with Gasteiger partial charge in [0.1, 0.15) is 12.7 Å². The van der Waals surface area contributed by atoms with Gasteiger partial charge >= 0.3 is 0 Å². The maximum atomic E-state index is 8.99. The summed E-state index contributed by atoms with van der Waals surface area (Å²) in [7, 11) is 0. The van der Waals surface area contributed by atoms with E-state index in [2.05, 4.69) is 22.1 Å². The van der Waals surface area contributed by atoms with Gasteiger partial charge < -0.3 is 5.11 Å². The van der Waals surface area contributed by atoms with Crippen LogP contribution < -0.4 is 0 Å². The number of hydrogen-bond acceptors (Lipinski definition) is 3. The van der Waals surface area contributed by atoms with Crippen molar-refractivity contribution >= 4 is 17.0 Å². The van der Waals surface area contributed by atoms with Crippen LogP contribution in [0.2, 0.25) is 0 Å². The highest BCUT2D eigenvalue weighted by molar-refractivity contribution is 8.93. The lowest BCUT2D eigenvalue weighted by molar-refractivity contribution is 0.157. The molecule has 1 aromatic heterocycles. The minimum Gasteiger partial charge on any atom is -0.393 e. The lowest BCUT2D eigenvalue weighted by Gasteiger charge is -2.03. The number of nitrogens with zero attached hydrogens (tertiary/aromatic N) is 2. The van der Waals surface area contributed by atoms with Crippen LogP contribution >= 0.6 is 17.0 Å². The monoisotopic (exact) mass is 265 g/mol. The van der Waals surface area contributed by atoms with Crippen molar-refractivity contribution in [1.82, 2.24) is 15.2 Å². The van der Waals surface area contributed by atoms with Gasteiger partial charge in [0.25, 0.3) is 0 Å². The second-order valence-corrected chi connectivity index (χ2v) is 2.86. The fourth-order valence-electron chi connectivity index (χ4n) is 0.811. The summed E-state index contributed by atoms with van der Waals surface area (Å²) < 4.78 is 0. The smallest absolute Gasteiger partial charge is 0.137 e. The van der Waals surface area contributed by atoms with E-state index in [9.17, 15) is 0 Å². The van der Waals surface area contributed by atoms with E-state index in [1.165, 1.54) is 19.1 Å². The molecule has 0 radical (unpaired) electrons. The van der Waals surface area contributed by atoms with Gasteiger partial charge in [0.2, 0.25) is 0 Å². The SMILES string of the molecule is Br.CCCCC(O)CC.c1nc[nH]n1. The first-order chi connectivity index (χ1) is 6.31. The Morgan fingerprint density at radius 3 is 2.43 bits per heavy atom. The first-order valence-electron chi connectivity index (χ1n) is 4.78. The van der Waals surface area contributed by atoms with E-state index >= 15 is 0 Å². The molecule has 4 nitrogen and oxygen atoms in total. The number of halogens is 1. The molecule has 1 unspecified atom stereocenters. The Labute approximate surface area is 95.9 Å². The summed E-state index contributed by atoms with van der Waals surface area (Å²) >= 11 is 0. The van der Waals surface area contributed by atoms with Gasteiger partial charge in [-0.3, -0.25) is 5.10 Å². The van der Waals surface area contributed by atoms with Crippen molar-refractivity contribution in [2.45, 2.75) is 45.6 Å². The number of aromatic nitrogens is 3. The van der Waals surface area contributed by atoms with Gasteiger partial charge in [-0.05, 0) is 12.8 Å². The Morgan fingerprint density at radius 2 is 2.14 bits per heavy atom. The Bertz CT molecular complexity index is 153. The molecular weight excluding hydrogens is 246 g/mol. The molecule has 14 heavy (non-hydrogen) atoms. The maximum absolute atomic E-state index is 8.99.